The highest BCUT2D eigenvalue weighted by molar-refractivity contribution is 6.33. The number of nitriles is 1. The van der Waals surface area contributed by atoms with Gasteiger partial charge in [-0.05, 0) is 43.2 Å². The van der Waals surface area contributed by atoms with Crippen LogP contribution in [0.5, 0.6) is 5.75 Å². The minimum Gasteiger partial charge on any atom is -0.493 e. The van der Waals surface area contributed by atoms with Crippen LogP contribution in [-0.4, -0.2) is 25.4 Å². The molecule has 5 nitrogen and oxygen atoms in total. The van der Waals surface area contributed by atoms with Crippen molar-refractivity contribution in [3.05, 3.63) is 52.2 Å². The third-order valence-corrected chi connectivity index (χ3v) is 5.16. The Hall–Kier alpha value is -2.92. The summed E-state index contributed by atoms with van der Waals surface area (Å²) < 4.78 is 50.3. The van der Waals surface area contributed by atoms with E-state index >= 15 is 0 Å². The van der Waals surface area contributed by atoms with Gasteiger partial charge >= 0.3 is 6.18 Å². The van der Waals surface area contributed by atoms with Crippen molar-refractivity contribution in [2.75, 3.05) is 25.1 Å². The number of hydrogen-bond donors (Lipinski definition) is 0. The summed E-state index contributed by atoms with van der Waals surface area (Å²) in [6.45, 7) is 2.93. The van der Waals surface area contributed by atoms with Crippen molar-refractivity contribution < 1.29 is 22.4 Å². The van der Waals surface area contributed by atoms with E-state index in [0.717, 1.165) is 12.1 Å². The van der Waals surface area contributed by atoms with Crippen LogP contribution in [-0.2, 0) is 12.6 Å². The standard InChI is InChI=1S/C22H21ClF3N3O2/c1-3-5-15-19(9-7-16-20(15)31-28-21(16)22(24,25)26)30-11-4-10-29(2)18-8-6-14(13-27)12-17(18)23/h6-9,12H,3-5,10-11H2,1-2H3. The molecule has 0 N–H and O–H groups in total. The van der Waals surface area contributed by atoms with Crippen LogP contribution in [0.15, 0.2) is 34.9 Å². The van der Waals surface area contributed by atoms with E-state index in [4.69, 9.17) is 26.1 Å². The largest absolute Gasteiger partial charge is 0.493 e. The number of rotatable bonds is 8. The van der Waals surface area contributed by atoms with Crippen molar-refractivity contribution in [2.24, 2.45) is 0 Å². The van der Waals surface area contributed by atoms with Gasteiger partial charge in [0.25, 0.3) is 0 Å². The number of aromatic nitrogens is 1. The third-order valence-electron chi connectivity index (χ3n) is 4.85. The van der Waals surface area contributed by atoms with E-state index in [9.17, 15) is 13.2 Å². The Bertz CT molecular complexity index is 1110. The van der Waals surface area contributed by atoms with E-state index in [1.165, 1.54) is 6.07 Å². The Balaban J connectivity index is 1.68. The van der Waals surface area contributed by atoms with Gasteiger partial charge < -0.3 is 14.2 Å². The van der Waals surface area contributed by atoms with Gasteiger partial charge in [0, 0.05) is 19.2 Å². The molecule has 0 fully saturated rings. The predicted octanol–water partition coefficient (Wildman–Crippen LogP) is 6.23. The molecular weight excluding hydrogens is 431 g/mol. The molecule has 0 unspecified atom stereocenters. The Kier molecular flexibility index (Phi) is 6.96. The normalized spacial score (nSPS) is 11.5. The average molecular weight is 452 g/mol. The lowest BCUT2D eigenvalue weighted by Gasteiger charge is -2.21. The van der Waals surface area contributed by atoms with Crippen molar-refractivity contribution >= 4 is 28.3 Å². The summed E-state index contributed by atoms with van der Waals surface area (Å²) in [5.74, 6) is 0.498. The molecule has 0 aliphatic heterocycles. The molecule has 0 atom stereocenters. The Morgan fingerprint density at radius 2 is 2.03 bits per heavy atom. The summed E-state index contributed by atoms with van der Waals surface area (Å²) >= 11 is 6.24. The second kappa shape index (κ2) is 9.48. The van der Waals surface area contributed by atoms with Gasteiger partial charge in [0.1, 0.15) is 5.75 Å². The topological polar surface area (TPSA) is 62.3 Å². The fraction of sp³-hybridized carbons (Fsp3) is 0.364. The molecule has 0 aliphatic carbocycles. The number of benzene rings is 2. The molecule has 0 aliphatic rings. The summed E-state index contributed by atoms with van der Waals surface area (Å²) in [4.78, 5) is 1.95. The Morgan fingerprint density at radius 1 is 1.26 bits per heavy atom. The fourth-order valence-electron chi connectivity index (χ4n) is 3.36. The SMILES string of the molecule is CCCc1c(OCCCN(C)c2ccc(C#N)cc2Cl)ccc2c(C(F)(F)F)noc12. The maximum Gasteiger partial charge on any atom is 0.437 e. The lowest BCUT2D eigenvalue weighted by atomic mass is 10.0. The van der Waals surface area contributed by atoms with Crippen LogP contribution in [0, 0.1) is 11.3 Å². The first-order chi connectivity index (χ1) is 14.8. The Morgan fingerprint density at radius 3 is 2.68 bits per heavy atom. The third kappa shape index (κ3) is 5.05. The predicted molar refractivity (Wildman–Crippen MR) is 113 cm³/mol. The number of halogens is 4. The van der Waals surface area contributed by atoms with Gasteiger partial charge in [0.15, 0.2) is 11.3 Å². The number of anilines is 1. The molecule has 3 rings (SSSR count). The summed E-state index contributed by atoms with van der Waals surface area (Å²) in [6.07, 6.45) is -2.69. The van der Waals surface area contributed by atoms with E-state index in [1.54, 1.807) is 24.3 Å². The molecular formula is C22H21ClF3N3O2. The van der Waals surface area contributed by atoms with Gasteiger partial charge in [-0.3, -0.25) is 0 Å². The number of nitrogens with zero attached hydrogens (tertiary/aromatic N) is 3. The van der Waals surface area contributed by atoms with Crippen LogP contribution in [0.25, 0.3) is 11.0 Å². The zero-order chi connectivity index (χ0) is 22.6. The highest BCUT2D eigenvalue weighted by Crippen LogP contribution is 2.38. The molecule has 0 amide bonds. The number of aryl methyl sites for hydroxylation is 1. The molecule has 0 saturated carbocycles. The number of fused-ring (bicyclic) bond motifs is 1. The molecule has 31 heavy (non-hydrogen) atoms. The first-order valence-corrected chi connectivity index (χ1v) is 10.2. The minimum atomic E-state index is -4.57. The number of hydrogen-bond acceptors (Lipinski definition) is 5. The van der Waals surface area contributed by atoms with Gasteiger partial charge in [-0.1, -0.05) is 30.1 Å². The maximum absolute atomic E-state index is 13.1. The van der Waals surface area contributed by atoms with Crippen molar-refractivity contribution in [3.8, 4) is 11.8 Å². The van der Waals surface area contributed by atoms with Gasteiger partial charge in [-0.15, -0.1) is 0 Å². The summed E-state index contributed by atoms with van der Waals surface area (Å²) in [5.41, 5.74) is 0.979. The summed E-state index contributed by atoms with van der Waals surface area (Å²) in [5, 5.41) is 12.6. The average Bonchev–Trinajstić information content (AvgIpc) is 3.17. The maximum atomic E-state index is 13.1. The van der Waals surface area contributed by atoms with Gasteiger partial charge in [0.2, 0.25) is 0 Å². The second-order valence-electron chi connectivity index (χ2n) is 7.10. The van der Waals surface area contributed by atoms with E-state index in [0.29, 0.717) is 47.9 Å². The lowest BCUT2D eigenvalue weighted by molar-refractivity contribution is -0.141. The molecule has 3 aromatic rings. The van der Waals surface area contributed by atoms with Crippen molar-refractivity contribution in [1.82, 2.24) is 5.16 Å². The molecule has 0 bridgehead atoms. The fourth-order valence-corrected chi connectivity index (χ4v) is 3.68. The highest BCUT2D eigenvalue weighted by atomic mass is 35.5. The van der Waals surface area contributed by atoms with Crippen molar-refractivity contribution in [2.45, 2.75) is 32.4 Å². The van der Waals surface area contributed by atoms with Crippen LogP contribution in [0.2, 0.25) is 5.02 Å². The van der Waals surface area contributed by atoms with Crippen LogP contribution < -0.4 is 9.64 Å². The minimum absolute atomic E-state index is 0.0570. The molecule has 0 radical (unpaired) electrons. The van der Waals surface area contributed by atoms with Crippen molar-refractivity contribution in [1.29, 1.82) is 5.26 Å². The first-order valence-electron chi connectivity index (χ1n) is 9.78. The zero-order valence-electron chi connectivity index (χ0n) is 17.1. The Labute approximate surface area is 182 Å². The number of ether oxygens (including phenoxy) is 1. The molecule has 1 aromatic heterocycles. The van der Waals surface area contributed by atoms with E-state index in [1.807, 2.05) is 24.9 Å². The molecule has 0 saturated heterocycles. The van der Waals surface area contributed by atoms with Crippen LogP contribution in [0.1, 0.15) is 36.6 Å². The summed E-state index contributed by atoms with van der Waals surface area (Å²) in [6, 6.07) is 10.0. The first kappa shape index (κ1) is 22.8. The molecule has 9 heteroatoms. The monoisotopic (exact) mass is 451 g/mol. The van der Waals surface area contributed by atoms with Crippen LogP contribution in [0.4, 0.5) is 18.9 Å². The quantitative estimate of drug-likeness (QED) is 0.380. The molecule has 1 heterocycles. The van der Waals surface area contributed by atoms with Gasteiger partial charge in [-0.25, -0.2) is 0 Å². The summed E-state index contributed by atoms with van der Waals surface area (Å²) in [7, 11) is 1.88. The highest BCUT2D eigenvalue weighted by Gasteiger charge is 2.37. The zero-order valence-corrected chi connectivity index (χ0v) is 17.8. The van der Waals surface area contributed by atoms with E-state index in [-0.39, 0.29) is 11.0 Å². The number of alkyl halides is 3. The van der Waals surface area contributed by atoms with Crippen LogP contribution in [0.3, 0.4) is 0 Å². The molecule has 164 valence electrons. The second-order valence-corrected chi connectivity index (χ2v) is 7.51. The van der Waals surface area contributed by atoms with Gasteiger partial charge in [0.05, 0.1) is 34.3 Å². The lowest BCUT2D eigenvalue weighted by Crippen LogP contribution is -2.20. The van der Waals surface area contributed by atoms with E-state index in [2.05, 4.69) is 5.16 Å². The smallest absolute Gasteiger partial charge is 0.437 e. The van der Waals surface area contributed by atoms with Gasteiger partial charge in [-0.2, -0.15) is 18.4 Å². The van der Waals surface area contributed by atoms with Crippen molar-refractivity contribution in [3.63, 3.8) is 0 Å². The van der Waals surface area contributed by atoms with Crippen LogP contribution >= 0.6 is 11.6 Å². The molecule has 2 aromatic carbocycles. The molecule has 0 spiro atoms. The van der Waals surface area contributed by atoms with E-state index < -0.39 is 11.9 Å².